The van der Waals surface area contributed by atoms with Gasteiger partial charge in [-0.05, 0) is 29.0 Å². The molecule has 0 saturated carbocycles. The summed E-state index contributed by atoms with van der Waals surface area (Å²) in [6, 6.07) is 2.49. The summed E-state index contributed by atoms with van der Waals surface area (Å²) < 4.78 is 1.22. The monoisotopic (exact) mass is 234 g/mol. The first kappa shape index (κ1) is 11.0. The number of carboxylic acids is 1. The number of aliphatic carboxylic acids is 1. The molecular formula is C9H10N6O2. The standard InChI is InChI=1S/C9H10N6O2/c1-2-3-6(9(16)17)10-7-4-5-8-11-13-14-15(8)12-7/h2,4-6H,1,3H2,(H,10,12)(H,16,17). The molecule has 8 nitrogen and oxygen atoms in total. The Morgan fingerprint density at radius 2 is 2.47 bits per heavy atom. The molecule has 17 heavy (non-hydrogen) atoms. The highest BCUT2D eigenvalue weighted by molar-refractivity contribution is 5.77. The minimum Gasteiger partial charge on any atom is -0.480 e. The number of fused-ring (bicyclic) bond motifs is 1. The molecule has 0 bridgehead atoms. The Labute approximate surface area is 95.9 Å². The van der Waals surface area contributed by atoms with E-state index in [4.69, 9.17) is 5.11 Å². The van der Waals surface area contributed by atoms with Crippen molar-refractivity contribution in [2.24, 2.45) is 0 Å². The van der Waals surface area contributed by atoms with E-state index in [0.29, 0.717) is 17.9 Å². The lowest BCUT2D eigenvalue weighted by Gasteiger charge is -2.12. The molecule has 0 aromatic carbocycles. The zero-order valence-electron chi connectivity index (χ0n) is 8.82. The number of tetrazole rings is 1. The maximum absolute atomic E-state index is 10.9. The van der Waals surface area contributed by atoms with E-state index in [2.05, 4.69) is 32.5 Å². The van der Waals surface area contributed by atoms with Crippen molar-refractivity contribution in [1.29, 1.82) is 0 Å². The molecule has 2 heterocycles. The van der Waals surface area contributed by atoms with Crippen LogP contribution in [-0.4, -0.2) is 42.4 Å². The van der Waals surface area contributed by atoms with Crippen molar-refractivity contribution < 1.29 is 9.90 Å². The van der Waals surface area contributed by atoms with Gasteiger partial charge in [-0.15, -0.1) is 21.4 Å². The average Bonchev–Trinajstić information content (AvgIpc) is 2.75. The number of nitrogens with zero attached hydrogens (tertiary/aromatic N) is 5. The van der Waals surface area contributed by atoms with Gasteiger partial charge in [-0.25, -0.2) is 4.79 Å². The molecule has 0 fully saturated rings. The van der Waals surface area contributed by atoms with Crippen molar-refractivity contribution in [2.75, 3.05) is 5.32 Å². The highest BCUT2D eigenvalue weighted by Gasteiger charge is 2.16. The normalized spacial score (nSPS) is 12.2. The molecular weight excluding hydrogens is 224 g/mol. The Bertz CT molecular complexity index is 551. The number of anilines is 1. The molecule has 88 valence electrons. The first-order chi connectivity index (χ1) is 8.20. The number of nitrogens with one attached hydrogen (secondary N) is 1. The lowest BCUT2D eigenvalue weighted by Crippen LogP contribution is -2.29. The third kappa shape index (κ3) is 2.36. The fraction of sp³-hybridized carbons (Fsp3) is 0.222. The van der Waals surface area contributed by atoms with Crippen LogP contribution < -0.4 is 5.32 Å². The molecule has 1 atom stereocenters. The first-order valence-electron chi connectivity index (χ1n) is 4.86. The van der Waals surface area contributed by atoms with Crippen molar-refractivity contribution in [3.63, 3.8) is 0 Å². The van der Waals surface area contributed by atoms with E-state index >= 15 is 0 Å². The van der Waals surface area contributed by atoms with Crippen LogP contribution in [0.4, 0.5) is 5.82 Å². The minimum atomic E-state index is -0.969. The number of hydrogen-bond acceptors (Lipinski definition) is 6. The second-order valence-corrected chi connectivity index (χ2v) is 3.30. The van der Waals surface area contributed by atoms with Gasteiger partial charge in [0.15, 0.2) is 5.65 Å². The summed E-state index contributed by atoms with van der Waals surface area (Å²) in [5, 5.41) is 26.5. The maximum atomic E-state index is 10.9. The lowest BCUT2D eigenvalue weighted by molar-refractivity contribution is -0.137. The molecule has 0 radical (unpaired) electrons. The van der Waals surface area contributed by atoms with Gasteiger partial charge in [0.25, 0.3) is 0 Å². The Morgan fingerprint density at radius 3 is 3.18 bits per heavy atom. The quantitative estimate of drug-likeness (QED) is 0.699. The summed E-state index contributed by atoms with van der Waals surface area (Å²) in [4.78, 5) is 10.9. The third-order valence-corrected chi connectivity index (χ3v) is 2.09. The fourth-order valence-electron chi connectivity index (χ4n) is 1.29. The molecule has 0 spiro atoms. The van der Waals surface area contributed by atoms with Crippen molar-refractivity contribution >= 4 is 17.4 Å². The maximum Gasteiger partial charge on any atom is 0.326 e. The van der Waals surface area contributed by atoms with Crippen LogP contribution in [0.2, 0.25) is 0 Å². The summed E-state index contributed by atoms with van der Waals surface area (Å²) in [7, 11) is 0. The molecule has 0 aliphatic rings. The molecule has 0 aliphatic carbocycles. The molecule has 2 rings (SSSR count). The van der Waals surface area contributed by atoms with E-state index in [9.17, 15) is 4.79 Å². The van der Waals surface area contributed by atoms with E-state index in [0.717, 1.165) is 0 Å². The van der Waals surface area contributed by atoms with Gasteiger partial charge in [0.05, 0.1) is 0 Å². The number of hydrogen-bond donors (Lipinski definition) is 2. The molecule has 0 amide bonds. The highest BCUT2D eigenvalue weighted by Crippen LogP contribution is 2.07. The van der Waals surface area contributed by atoms with Gasteiger partial charge in [0.1, 0.15) is 11.9 Å². The van der Waals surface area contributed by atoms with E-state index in [-0.39, 0.29) is 0 Å². The van der Waals surface area contributed by atoms with Crippen LogP contribution in [0.5, 0.6) is 0 Å². The zero-order chi connectivity index (χ0) is 12.3. The molecule has 2 N–H and O–H groups in total. The second-order valence-electron chi connectivity index (χ2n) is 3.30. The van der Waals surface area contributed by atoms with Gasteiger partial charge in [0, 0.05) is 0 Å². The predicted octanol–water partition coefficient (Wildman–Crippen LogP) is -0.0395. The van der Waals surface area contributed by atoms with Crippen molar-refractivity contribution in [3.8, 4) is 0 Å². The van der Waals surface area contributed by atoms with Crippen LogP contribution in [0, 0.1) is 0 Å². The summed E-state index contributed by atoms with van der Waals surface area (Å²) in [5.74, 6) is -0.581. The largest absolute Gasteiger partial charge is 0.480 e. The number of carbonyl (C=O) groups is 1. The van der Waals surface area contributed by atoms with Gasteiger partial charge in [-0.2, -0.15) is 0 Å². The van der Waals surface area contributed by atoms with Gasteiger partial charge in [0.2, 0.25) is 0 Å². The van der Waals surface area contributed by atoms with Crippen molar-refractivity contribution in [2.45, 2.75) is 12.5 Å². The zero-order valence-corrected chi connectivity index (χ0v) is 8.82. The van der Waals surface area contributed by atoms with E-state index < -0.39 is 12.0 Å². The predicted molar refractivity (Wildman–Crippen MR) is 58.4 cm³/mol. The van der Waals surface area contributed by atoms with Gasteiger partial charge in [-0.3, -0.25) is 0 Å². The van der Waals surface area contributed by atoms with Crippen LogP contribution in [-0.2, 0) is 4.79 Å². The Morgan fingerprint density at radius 1 is 1.65 bits per heavy atom. The van der Waals surface area contributed by atoms with Crippen LogP contribution in [0.3, 0.4) is 0 Å². The van der Waals surface area contributed by atoms with Crippen LogP contribution in [0.15, 0.2) is 24.8 Å². The lowest BCUT2D eigenvalue weighted by atomic mass is 10.2. The molecule has 0 saturated heterocycles. The smallest absolute Gasteiger partial charge is 0.326 e. The van der Waals surface area contributed by atoms with Crippen molar-refractivity contribution in [1.82, 2.24) is 25.3 Å². The number of aromatic nitrogens is 5. The Kier molecular flexibility index (Phi) is 2.95. The Hall–Kier alpha value is -2.51. The van der Waals surface area contributed by atoms with Gasteiger partial charge in [-0.1, -0.05) is 6.08 Å². The highest BCUT2D eigenvalue weighted by atomic mass is 16.4. The van der Waals surface area contributed by atoms with Crippen LogP contribution >= 0.6 is 0 Å². The third-order valence-electron chi connectivity index (χ3n) is 2.09. The van der Waals surface area contributed by atoms with Gasteiger partial charge >= 0.3 is 5.97 Å². The van der Waals surface area contributed by atoms with E-state index in [1.54, 1.807) is 12.1 Å². The molecule has 2 aromatic heterocycles. The SMILES string of the molecule is C=CCC(Nc1ccc2nnnn2n1)C(=O)O. The molecule has 1 unspecified atom stereocenters. The number of carboxylic acid groups (broad SMARTS) is 1. The second kappa shape index (κ2) is 4.56. The van der Waals surface area contributed by atoms with Gasteiger partial charge < -0.3 is 10.4 Å². The summed E-state index contributed by atoms with van der Waals surface area (Å²) in [6.45, 7) is 3.50. The topological polar surface area (TPSA) is 105 Å². The summed E-state index contributed by atoms with van der Waals surface area (Å²) >= 11 is 0. The van der Waals surface area contributed by atoms with Crippen molar-refractivity contribution in [3.05, 3.63) is 24.8 Å². The van der Waals surface area contributed by atoms with E-state index in [1.165, 1.54) is 10.7 Å². The summed E-state index contributed by atoms with van der Waals surface area (Å²) in [5.41, 5.74) is 0.492. The van der Waals surface area contributed by atoms with E-state index in [1.807, 2.05) is 0 Å². The molecule has 8 heteroatoms. The molecule has 2 aromatic rings. The van der Waals surface area contributed by atoms with Crippen LogP contribution in [0.25, 0.3) is 5.65 Å². The van der Waals surface area contributed by atoms with Crippen LogP contribution in [0.1, 0.15) is 6.42 Å². The summed E-state index contributed by atoms with van der Waals surface area (Å²) in [6.07, 6.45) is 1.83. The Balaban J connectivity index is 2.20. The fourth-order valence-corrected chi connectivity index (χ4v) is 1.29. The molecule has 0 aliphatic heterocycles. The average molecular weight is 234 g/mol. The number of rotatable bonds is 5. The first-order valence-corrected chi connectivity index (χ1v) is 4.86. The minimum absolute atomic E-state index is 0.296.